The van der Waals surface area contributed by atoms with E-state index in [0.717, 1.165) is 30.2 Å². The Balaban J connectivity index is 2.09. The molecule has 1 nitrogen and oxygen atoms in total. The summed E-state index contributed by atoms with van der Waals surface area (Å²) in [4.78, 5) is 0. The Morgan fingerprint density at radius 2 is 2.06 bits per heavy atom. The van der Waals surface area contributed by atoms with Crippen LogP contribution in [0.2, 0.25) is 5.02 Å². The highest BCUT2D eigenvalue weighted by molar-refractivity contribution is 6.30. The number of halogens is 1. The smallest absolute Gasteiger partial charge is 0.0719 e. The van der Waals surface area contributed by atoms with Crippen LogP contribution in [0.25, 0.3) is 0 Å². The van der Waals surface area contributed by atoms with Gasteiger partial charge in [-0.2, -0.15) is 0 Å². The molecular weight excluding hydrogens is 232 g/mol. The molecule has 1 aliphatic rings. The zero-order valence-corrected chi connectivity index (χ0v) is 11.5. The summed E-state index contributed by atoms with van der Waals surface area (Å²) in [5, 5.41) is 0.818. The molecule has 0 aromatic heterocycles. The molecule has 0 saturated heterocycles. The molecule has 0 unspecified atom stereocenters. The number of ether oxygens (including phenoxy) is 1. The second-order valence-corrected chi connectivity index (χ2v) is 5.81. The second-order valence-electron chi connectivity index (χ2n) is 5.38. The Morgan fingerprint density at radius 3 is 2.65 bits per heavy atom. The quantitative estimate of drug-likeness (QED) is 0.771. The summed E-state index contributed by atoms with van der Waals surface area (Å²) >= 11 is 6.03. The molecule has 0 radical (unpaired) electrons. The minimum atomic E-state index is 0.0389. The summed E-state index contributed by atoms with van der Waals surface area (Å²) in [5.74, 6) is 0.845. The SMILES string of the molecule is COC1(Cc2cccc(Cl)c2)CCC(C)CC1. The molecule has 17 heavy (non-hydrogen) atoms. The van der Waals surface area contributed by atoms with Crippen molar-refractivity contribution in [3.05, 3.63) is 34.9 Å². The molecule has 1 aromatic rings. The third-order valence-electron chi connectivity index (χ3n) is 4.03. The van der Waals surface area contributed by atoms with Crippen molar-refractivity contribution < 1.29 is 4.74 Å². The van der Waals surface area contributed by atoms with Crippen LogP contribution in [-0.2, 0) is 11.2 Å². The first-order valence-electron chi connectivity index (χ1n) is 6.43. The van der Waals surface area contributed by atoms with Crippen molar-refractivity contribution >= 4 is 11.6 Å². The van der Waals surface area contributed by atoms with E-state index in [9.17, 15) is 0 Å². The summed E-state index contributed by atoms with van der Waals surface area (Å²) in [6.07, 6.45) is 5.86. The molecule has 1 aliphatic carbocycles. The Kier molecular flexibility index (Phi) is 4.11. The van der Waals surface area contributed by atoms with Gasteiger partial charge >= 0.3 is 0 Å². The third-order valence-corrected chi connectivity index (χ3v) is 4.27. The van der Waals surface area contributed by atoms with Crippen molar-refractivity contribution in [3.63, 3.8) is 0 Å². The van der Waals surface area contributed by atoms with Crippen LogP contribution in [0.3, 0.4) is 0 Å². The minimum absolute atomic E-state index is 0.0389. The van der Waals surface area contributed by atoms with E-state index in [0.29, 0.717) is 0 Å². The lowest BCUT2D eigenvalue weighted by molar-refractivity contribution is -0.0469. The first-order valence-corrected chi connectivity index (χ1v) is 6.81. The average molecular weight is 253 g/mol. The summed E-state index contributed by atoms with van der Waals surface area (Å²) in [6, 6.07) is 8.14. The van der Waals surface area contributed by atoms with Gasteiger partial charge in [-0.25, -0.2) is 0 Å². The molecule has 0 spiro atoms. The number of hydrogen-bond donors (Lipinski definition) is 0. The van der Waals surface area contributed by atoms with Gasteiger partial charge < -0.3 is 4.74 Å². The van der Waals surface area contributed by atoms with Crippen molar-refractivity contribution in [2.24, 2.45) is 5.92 Å². The van der Waals surface area contributed by atoms with E-state index in [1.54, 1.807) is 0 Å². The number of methoxy groups -OCH3 is 1. The molecule has 0 N–H and O–H groups in total. The van der Waals surface area contributed by atoms with Gasteiger partial charge in [-0.05, 0) is 49.3 Å². The van der Waals surface area contributed by atoms with Crippen LogP contribution >= 0.6 is 11.6 Å². The maximum atomic E-state index is 6.03. The van der Waals surface area contributed by atoms with Crippen LogP contribution in [0.4, 0.5) is 0 Å². The van der Waals surface area contributed by atoms with Crippen LogP contribution in [0, 0.1) is 5.92 Å². The van der Waals surface area contributed by atoms with Gasteiger partial charge in [0.1, 0.15) is 0 Å². The lowest BCUT2D eigenvalue weighted by Gasteiger charge is -2.38. The minimum Gasteiger partial charge on any atom is -0.378 e. The van der Waals surface area contributed by atoms with Gasteiger partial charge in [0.25, 0.3) is 0 Å². The number of rotatable bonds is 3. The van der Waals surface area contributed by atoms with Gasteiger partial charge in [0, 0.05) is 18.6 Å². The molecule has 0 amide bonds. The fourth-order valence-corrected chi connectivity index (χ4v) is 2.97. The first-order chi connectivity index (χ1) is 8.13. The molecule has 0 atom stereocenters. The van der Waals surface area contributed by atoms with Crippen molar-refractivity contribution in [1.82, 2.24) is 0 Å². The predicted molar refractivity (Wildman–Crippen MR) is 72.5 cm³/mol. The van der Waals surface area contributed by atoms with E-state index in [2.05, 4.69) is 19.1 Å². The molecule has 2 rings (SSSR count). The van der Waals surface area contributed by atoms with Gasteiger partial charge in [0.15, 0.2) is 0 Å². The zero-order valence-electron chi connectivity index (χ0n) is 10.7. The van der Waals surface area contributed by atoms with Crippen LogP contribution in [0.5, 0.6) is 0 Å². The van der Waals surface area contributed by atoms with E-state index in [-0.39, 0.29) is 5.60 Å². The molecule has 1 aromatic carbocycles. The molecule has 2 heteroatoms. The van der Waals surface area contributed by atoms with Crippen LogP contribution < -0.4 is 0 Å². The Morgan fingerprint density at radius 1 is 1.35 bits per heavy atom. The Labute approximate surface area is 109 Å². The van der Waals surface area contributed by atoms with E-state index in [1.807, 2.05) is 19.2 Å². The molecule has 0 aliphatic heterocycles. The average Bonchev–Trinajstić information content (AvgIpc) is 2.33. The molecular formula is C15H21ClO. The summed E-state index contributed by atoms with van der Waals surface area (Å²) in [6.45, 7) is 2.33. The molecule has 1 fully saturated rings. The zero-order chi connectivity index (χ0) is 12.3. The molecule has 0 bridgehead atoms. The van der Waals surface area contributed by atoms with E-state index in [4.69, 9.17) is 16.3 Å². The van der Waals surface area contributed by atoms with Crippen LogP contribution in [0.1, 0.15) is 38.2 Å². The van der Waals surface area contributed by atoms with Gasteiger partial charge in [-0.1, -0.05) is 30.7 Å². The Bertz CT molecular complexity index is 367. The van der Waals surface area contributed by atoms with Crippen molar-refractivity contribution in [2.45, 2.75) is 44.6 Å². The van der Waals surface area contributed by atoms with Crippen molar-refractivity contribution in [2.75, 3.05) is 7.11 Å². The maximum Gasteiger partial charge on any atom is 0.0719 e. The fourth-order valence-electron chi connectivity index (χ4n) is 2.76. The van der Waals surface area contributed by atoms with E-state index in [1.165, 1.54) is 18.4 Å². The largest absolute Gasteiger partial charge is 0.378 e. The lowest BCUT2D eigenvalue weighted by atomic mass is 9.76. The third kappa shape index (κ3) is 3.23. The van der Waals surface area contributed by atoms with Gasteiger partial charge in [0.05, 0.1) is 5.60 Å². The molecule has 1 saturated carbocycles. The van der Waals surface area contributed by atoms with Gasteiger partial charge in [-0.15, -0.1) is 0 Å². The van der Waals surface area contributed by atoms with Crippen molar-refractivity contribution in [3.8, 4) is 0 Å². The molecule has 0 heterocycles. The fraction of sp³-hybridized carbons (Fsp3) is 0.600. The van der Waals surface area contributed by atoms with E-state index >= 15 is 0 Å². The topological polar surface area (TPSA) is 9.23 Å². The predicted octanol–water partition coefficient (Wildman–Crippen LogP) is 4.48. The summed E-state index contributed by atoms with van der Waals surface area (Å²) < 4.78 is 5.83. The second kappa shape index (κ2) is 5.41. The number of benzene rings is 1. The normalized spacial score (nSPS) is 29.2. The standard InChI is InChI=1S/C15H21ClO/c1-12-6-8-15(17-2,9-7-12)11-13-4-3-5-14(16)10-13/h3-5,10,12H,6-9,11H2,1-2H3. The van der Waals surface area contributed by atoms with Crippen LogP contribution in [-0.4, -0.2) is 12.7 Å². The van der Waals surface area contributed by atoms with Gasteiger partial charge in [-0.3, -0.25) is 0 Å². The number of hydrogen-bond acceptors (Lipinski definition) is 1. The first kappa shape index (κ1) is 12.9. The highest BCUT2D eigenvalue weighted by Gasteiger charge is 2.34. The highest BCUT2D eigenvalue weighted by Crippen LogP contribution is 2.37. The summed E-state index contributed by atoms with van der Waals surface area (Å²) in [5.41, 5.74) is 1.32. The molecule has 94 valence electrons. The highest BCUT2D eigenvalue weighted by atomic mass is 35.5. The van der Waals surface area contributed by atoms with E-state index < -0.39 is 0 Å². The Hall–Kier alpha value is -0.530. The summed E-state index contributed by atoms with van der Waals surface area (Å²) in [7, 11) is 1.85. The monoisotopic (exact) mass is 252 g/mol. The van der Waals surface area contributed by atoms with Crippen LogP contribution in [0.15, 0.2) is 24.3 Å². The maximum absolute atomic E-state index is 6.03. The lowest BCUT2D eigenvalue weighted by Crippen LogP contribution is -2.38. The van der Waals surface area contributed by atoms with Crippen molar-refractivity contribution in [1.29, 1.82) is 0 Å². The van der Waals surface area contributed by atoms with Gasteiger partial charge in [0.2, 0.25) is 0 Å².